The summed E-state index contributed by atoms with van der Waals surface area (Å²) >= 11 is 0. The lowest BCUT2D eigenvalue weighted by Crippen LogP contribution is -2.49. The molecule has 0 aliphatic carbocycles. The summed E-state index contributed by atoms with van der Waals surface area (Å²) in [7, 11) is 0. The normalized spacial score (nSPS) is 22.0. The van der Waals surface area contributed by atoms with Crippen molar-refractivity contribution in [3.8, 4) is 5.69 Å². The van der Waals surface area contributed by atoms with Crippen molar-refractivity contribution in [3.05, 3.63) is 48.3 Å². The van der Waals surface area contributed by atoms with Crippen LogP contribution < -0.4 is 5.32 Å². The number of carboxylic acids is 1. The lowest BCUT2D eigenvalue weighted by Gasteiger charge is -2.23. The first-order chi connectivity index (χ1) is 9.70. The van der Waals surface area contributed by atoms with E-state index >= 15 is 0 Å². The molecule has 0 spiro atoms. The van der Waals surface area contributed by atoms with Crippen LogP contribution in [0.15, 0.2) is 42.6 Å². The van der Waals surface area contributed by atoms with Crippen LogP contribution in [0.4, 0.5) is 0 Å². The summed E-state index contributed by atoms with van der Waals surface area (Å²) in [5.41, 5.74) is 0.920. The highest BCUT2D eigenvalue weighted by Gasteiger charge is 2.41. The lowest BCUT2D eigenvalue weighted by molar-refractivity contribution is -0.144. The number of aliphatic carboxylic acids is 1. The average Bonchev–Trinajstić information content (AvgIpc) is 3.10. The fourth-order valence-electron chi connectivity index (χ4n) is 2.70. The van der Waals surface area contributed by atoms with Crippen LogP contribution in [0.25, 0.3) is 5.69 Å². The molecule has 3 rings (SSSR count). The Bertz CT molecular complexity index is 601. The molecule has 1 aromatic heterocycles. The van der Waals surface area contributed by atoms with Crippen molar-refractivity contribution < 1.29 is 9.90 Å². The maximum absolute atomic E-state index is 11.5. The van der Waals surface area contributed by atoms with Gasteiger partial charge in [0, 0.05) is 12.6 Å². The van der Waals surface area contributed by atoms with Crippen molar-refractivity contribution in [2.75, 3.05) is 6.54 Å². The molecule has 0 radical (unpaired) electrons. The Morgan fingerprint density at radius 1 is 1.35 bits per heavy atom. The van der Waals surface area contributed by atoms with Gasteiger partial charge in [0.1, 0.15) is 5.54 Å². The number of para-hydroxylation sites is 1. The highest BCUT2D eigenvalue weighted by molar-refractivity contribution is 5.79. The number of nitrogens with one attached hydrogen (secondary N) is 1. The summed E-state index contributed by atoms with van der Waals surface area (Å²) in [6, 6.07) is 11.7. The molecule has 1 atom stereocenters. The second kappa shape index (κ2) is 5.09. The molecule has 0 amide bonds. The third-order valence-electron chi connectivity index (χ3n) is 3.80. The van der Waals surface area contributed by atoms with E-state index in [0.717, 1.165) is 24.3 Å². The van der Waals surface area contributed by atoms with Gasteiger partial charge < -0.3 is 10.4 Å². The van der Waals surface area contributed by atoms with E-state index in [1.165, 1.54) is 0 Å². The van der Waals surface area contributed by atoms with Crippen molar-refractivity contribution in [2.45, 2.75) is 24.8 Å². The summed E-state index contributed by atoms with van der Waals surface area (Å²) in [6.45, 7) is 0.756. The molecule has 104 valence electrons. The summed E-state index contributed by atoms with van der Waals surface area (Å²) < 4.78 is 1.78. The second-order valence-corrected chi connectivity index (χ2v) is 5.18. The Hall–Kier alpha value is -2.14. The minimum Gasteiger partial charge on any atom is -0.480 e. The van der Waals surface area contributed by atoms with Gasteiger partial charge in [-0.3, -0.25) is 4.79 Å². The fourth-order valence-corrected chi connectivity index (χ4v) is 2.70. The number of rotatable bonds is 4. The number of nitrogens with zero attached hydrogens (tertiary/aromatic N) is 2. The molecule has 5 nitrogen and oxygen atoms in total. The zero-order valence-corrected chi connectivity index (χ0v) is 11.1. The van der Waals surface area contributed by atoms with Gasteiger partial charge in [0.05, 0.1) is 11.4 Å². The Labute approximate surface area is 117 Å². The van der Waals surface area contributed by atoms with Crippen molar-refractivity contribution in [3.63, 3.8) is 0 Å². The van der Waals surface area contributed by atoms with Gasteiger partial charge in [-0.15, -0.1) is 0 Å². The van der Waals surface area contributed by atoms with E-state index in [0.29, 0.717) is 12.8 Å². The van der Waals surface area contributed by atoms with Crippen LogP contribution in [0.1, 0.15) is 18.5 Å². The first kappa shape index (κ1) is 12.9. The summed E-state index contributed by atoms with van der Waals surface area (Å²) in [5, 5.41) is 17.1. The highest BCUT2D eigenvalue weighted by Crippen LogP contribution is 2.24. The zero-order valence-electron chi connectivity index (χ0n) is 11.1. The molecule has 0 bridgehead atoms. The molecule has 2 N–H and O–H groups in total. The molecule has 1 aromatic carbocycles. The first-order valence-corrected chi connectivity index (χ1v) is 6.78. The SMILES string of the molecule is O=C(O)C1(Cc2ccn(-c3ccccc3)n2)CCCN1. The van der Waals surface area contributed by atoms with Gasteiger partial charge >= 0.3 is 5.97 Å². The number of carboxylic acid groups (broad SMARTS) is 1. The van der Waals surface area contributed by atoms with E-state index in [1.807, 2.05) is 42.6 Å². The maximum Gasteiger partial charge on any atom is 0.324 e. The Morgan fingerprint density at radius 3 is 2.80 bits per heavy atom. The molecular weight excluding hydrogens is 254 g/mol. The van der Waals surface area contributed by atoms with Crippen LogP contribution >= 0.6 is 0 Å². The second-order valence-electron chi connectivity index (χ2n) is 5.18. The fraction of sp³-hybridized carbons (Fsp3) is 0.333. The van der Waals surface area contributed by atoms with E-state index in [-0.39, 0.29) is 0 Å². The minimum atomic E-state index is -0.851. The molecule has 1 aliphatic heterocycles. The topological polar surface area (TPSA) is 67.1 Å². The Morgan fingerprint density at radius 2 is 2.15 bits per heavy atom. The molecule has 1 unspecified atom stereocenters. The van der Waals surface area contributed by atoms with Gasteiger partial charge in [-0.2, -0.15) is 5.10 Å². The molecule has 1 saturated heterocycles. The molecule has 5 heteroatoms. The third kappa shape index (κ3) is 2.32. The predicted molar refractivity (Wildman–Crippen MR) is 74.9 cm³/mol. The number of aromatic nitrogens is 2. The van der Waals surface area contributed by atoms with Crippen LogP contribution in [-0.2, 0) is 11.2 Å². The Kier molecular flexibility index (Phi) is 3.28. The van der Waals surface area contributed by atoms with Crippen molar-refractivity contribution >= 4 is 5.97 Å². The summed E-state index contributed by atoms with van der Waals surface area (Å²) in [6.07, 6.45) is 3.84. The number of hydrogen-bond acceptors (Lipinski definition) is 3. The van der Waals surface area contributed by atoms with Crippen molar-refractivity contribution in [1.29, 1.82) is 0 Å². The molecule has 1 aliphatic rings. The molecule has 2 heterocycles. The van der Waals surface area contributed by atoms with Gasteiger partial charge in [-0.1, -0.05) is 18.2 Å². The lowest BCUT2D eigenvalue weighted by atomic mass is 9.92. The molecule has 2 aromatic rings. The first-order valence-electron chi connectivity index (χ1n) is 6.78. The highest BCUT2D eigenvalue weighted by atomic mass is 16.4. The quantitative estimate of drug-likeness (QED) is 0.886. The molecule has 20 heavy (non-hydrogen) atoms. The maximum atomic E-state index is 11.5. The van der Waals surface area contributed by atoms with E-state index in [9.17, 15) is 9.90 Å². The molecular formula is C15H17N3O2. The van der Waals surface area contributed by atoms with Gasteiger partial charge in [-0.25, -0.2) is 4.68 Å². The van der Waals surface area contributed by atoms with Crippen LogP contribution in [0.2, 0.25) is 0 Å². The number of hydrogen-bond donors (Lipinski definition) is 2. The predicted octanol–water partition coefficient (Wildman–Crippen LogP) is 1.62. The van der Waals surface area contributed by atoms with Crippen LogP contribution in [0.3, 0.4) is 0 Å². The van der Waals surface area contributed by atoms with Crippen LogP contribution in [0.5, 0.6) is 0 Å². The molecule has 1 fully saturated rings. The Balaban J connectivity index is 1.82. The van der Waals surface area contributed by atoms with Crippen LogP contribution in [-0.4, -0.2) is 32.9 Å². The number of carbonyl (C=O) groups is 1. The number of benzene rings is 1. The largest absolute Gasteiger partial charge is 0.480 e. The van der Waals surface area contributed by atoms with Gasteiger partial charge in [0.2, 0.25) is 0 Å². The van der Waals surface area contributed by atoms with Gasteiger partial charge in [0.15, 0.2) is 0 Å². The van der Waals surface area contributed by atoms with Gasteiger partial charge in [0.25, 0.3) is 0 Å². The van der Waals surface area contributed by atoms with Crippen LogP contribution in [0, 0.1) is 0 Å². The van der Waals surface area contributed by atoms with Crippen molar-refractivity contribution in [1.82, 2.24) is 15.1 Å². The third-order valence-corrected chi connectivity index (χ3v) is 3.80. The van der Waals surface area contributed by atoms with Gasteiger partial charge in [-0.05, 0) is 37.6 Å². The van der Waals surface area contributed by atoms with E-state index in [1.54, 1.807) is 4.68 Å². The van der Waals surface area contributed by atoms with E-state index in [2.05, 4.69) is 10.4 Å². The van der Waals surface area contributed by atoms with Crippen molar-refractivity contribution in [2.24, 2.45) is 0 Å². The summed E-state index contributed by atoms with van der Waals surface area (Å²) in [5.74, 6) is -0.788. The van der Waals surface area contributed by atoms with E-state index in [4.69, 9.17) is 0 Å². The smallest absolute Gasteiger partial charge is 0.324 e. The average molecular weight is 271 g/mol. The standard InChI is InChI=1S/C15H17N3O2/c19-14(20)15(8-4-9-16-15)11-12-7-10-18(17-12)13-5-2-1-3-6-13/h1-3,5-7,10,16H,4,8-9,11H2,(H,19,20). The zero-order chi connectivity index (χ0) is 14.0. The monoisotopic (exact) mass is 271 g/mol. The van der Waals surface area contributed by atoms with E-state index < -0.39 is 11.5 Å². The minimum absolute atomic E-state index is 0.419. The summed E-state index contributed by atoms with van der Waals surface area (Å²) in [4.78, 5) is 11.5. The molecule has 0 saturated carbocycles.